The standard InChI is InChI=1S/C23H29FN2O4Si/c1-14-21(29-2)17-13-15(26-23(28)16-7-5-6-8-18(16)25-26)9-10-19(17)30-22(14)20(11-12-27)31(3,4)24/h5-10,13-14,20-22,25,27H,11-12H2,1-4H3/t14-,20?,21-,22-/m1/s1. The summed E-state index contributed by atoms with van der Waals surface area (Å²) in [7, 11) is -1.45. The van der Waals surface area contributed by atoms with Crippen LogP contribution in [-0.4, -0.2) is 43.1 Å². The number of aliphatic hydroxyl groups excluding tert-OH is 1. The Morgan fingerprint density at radius 3 is 2.68 bits per heavy atom. The van der Waals surface area contributed by atoms with Crippen LogP contribution in [0.5, 0.6) is 5.75 Å². The molecular formula is C23H29FN2O4Si. The summed E-state index contributed by atoms with van der Waals surface area (Å²) in [4.78, 5) is 12.8. The van der Waals surface area contributed by atoms with E-state index in [9.17, 15) is 9.90 Å². The number of aromatic amines is 1. The Labute approximate surface area is 181 Å². The number of methoxy groups -OCH3 is 1. The van der Waals surface area contributed by atoms with Crippen LogP contribution >= 0.6 is 0 Å². The predicted octanol–water partition coefficient (Wildman–Crippen LogP) is 4.33. The number of rotatable bonds is 6. The predicted molar refractivity (Wildman–Crippen MR) is 121 cm³/mol. The van der Waals surface area contributed by atoms with Crippen molar-refractivity contribution >= 4 is 19.3 Å². The number of halogens is 1. The second kappa shape index (κ2) is 8.25. The molecule has 8 heteroatoms. The summed E-state index contributed by atoms with van der Waals surface area (Å²) in [5, 5.41) is 13.3. The van der Waals surface area contributed by atoms with Crippen LogP contribution in [0.4, 0.5) is 4.11 Å². The molecule has 0 radical (unpaired) electrons. The number of nitrogens with one attached hydrogen (secondary N) is 1. The maximum absolute atomic E-state index is 15.1. The van der Waals surface area contributed by atoms with Gasteiger partial charge in [0.05, 0.1) is 22.7 Å². The Morgan fingerprint density at radius 1 is 1.29 bits per heavy atom. The second-order valence-corrected chi connectivity index (χ2v) is 12.7. The van der Waals surface area contributed by atoms with Crippen LogP contribution in [0.2, 0.25) is 18.6 Å². The van der Waals surface area contributed by atoms with Gasteiger partial charge in [-0.15, -0.1) is 0 Å². The molecule has 4 rings (SSSR count). The quantitative estimate of drug-likeness (QED) is 0.438. The molecule has 0 aliphatic carbocycles. The van der Waals surface area contributed by atoms with E-state index in [1.165, 1.54) is 4.68 Å². The van der Waals surface area contributed by atoms with Gasteiger partial charge in [-0.3, -0.25) is 9.89 Å². The van der Waals surface area contributed by atoms with Gasteiger partial charge in [-0.2, -0.15) is 0 Å². The van der Waals surface area contributed by atoms with E-state index in [0.29, 0.717) is 23.2 Å². The average Bonchev–Trinajstić information content (AvgIpc) is 3.07. The SMILES string of the molecule is CO[C@H]1c2cc(-n3[nH]c4ccccc4c3=O)ccc2O[C@@H](C(CCO)[Si](C)(C)F)[C@@H]1C. The fourth-order valence-corrected chi connectivity index (χ4v) is 6.75. The fourth-order valence-electron chi connectivity index (χ4n) is 4.78. The third-order valence-corrected chi connectivity index (χ3v) is 8.76. The van der Waals surface area contributed by atoms with E-state index < -0.39 is 14.5 Å². The van der Waals surface area contributed by atoms with E-state index in [1.807, 2.05) is 43.3 Å². The van der Waals surface area contributed by atoms with Crippen molar-refractivity contribution in [3.63, 3.8) is 0 Å². The van der Waals surface area contributed by atoms with Crippen molar-refractivity contribution in [3.05, 3.63) is 58.4 Å². The van der Waals surface area contributed by atoms with Crippen LogP contribution in [0.25, 0.3) is 16.6 Å². The number of para-hydroxylation sites is 1. The van der Waals surface area contributed by atoms with Crippen molar-refractivity contribution in [3.8, 4) is 11.4 Å². The minimum atomic E-state index is -3.08. The molecule has 0 saturated heterocycles. The first-order chi connectivity index (χ1) is 14.8. The van der Waals surface area contributed by atoms with Gasteiger partial charge in [-0.1, -0.05) is 19.1 Å². The molecule has 2 N–H and O–H groups in total. The van der Waals surface area contributed by atoms with Crippen LogP contribution in [0.1, 0.15) is 25.0 Å². The van der Waals surface area contributed by atoms with Gasteiger partial charge in [0.25, 0.3) is 5.56 Å². The summed E-state index contributed by atoms with van der Waals surface area (Å²) >= 11 is 0. The summed E-state index contributed by atoms with van der Waals surface area (Å²) in [6, 6.07) is 12.9. The molecule has 6 nitrogen and oxygen atoms in total. The number of hydrogen-bond acceptors (Lipinski definition) is 4. The normalized spacial score (nSPS) is 22.2. The number of aliphatic hydroxyl groups is 1. The number of nitrogens with zero attached hydrogens (tertiary/aromatic N) is 1. The molecular weight excluding hydrogens is 415 g/mol. The summed E-state index contributed by atoms with van der Waals surface area (Å²) in [5.41, 5.74) is 1.80. The minimum Gasteiger partial charge on any atom is -0.490 e. The lowest BCUT2D eigenvalue weighted by Gasteiger charge is -2.43. The van der Waals surface area contributed by atoms with Crippen LogP contribution in [0, 0.1) is 5.92 Å². The van der Waals surface area contributed by atoms with Gasteiger partial charge in [-0.05, 0) is 49.8 Å². The highest BCUT2D eigenvalue weighted by molar-refractivity contribution is 6.72. The molecule has 0 spiro atoms. The van der Waals surface area contributed by atoms with E-state index in [4.69, 9.17) is 9.47 Å². The van der Waals surface area contributed by atoms with Crippen molar-refractivity contribution in [2.45, 2.75) is 44.2 Å². The molecule has 1 aliphatic rings. The molecule has 3 aromatic rings. The Hall–Kier alpha value is -2.42. The van der Waals surface area contributed by atoms with Gasteiger partial charge >= 0.3 is 0 Å². The molecule has 2 heterocycles. The zero-order chi connectivity index (χ0) is 22.3. The number of hydrogen-bond donors (Lipinski definition) is 2. The smallest absolute Gasteiger partial charge is 0.279 e. The second-order valence-electron chi connectivity index (χ2n) is 8.80. The van der Waals surface area contributed by atoms with Gasteiger partial charge < -0.3 is 18.7 Å². The summed E-state index contributed by atoms with van der Waals surface area (Å²) < 4.78 is 28.8. The molecule has 166 valence electrons. The lowest BCUT2D eigenvalue weighted by Crippen LogP contribution is -2.46. The number of aromatic nitrogens is 2. The third kappa shape index (κ3) is 3.84. The lowest BCUT2D eigenvalue weighted by atomic mass is 9.86. The van der Waals surface area contributed by atoms with Gasteiger partial charge in [0.1, 0.15) is 11.9 Å². The fraction of sp³-hybridized carbons (Fsp3) is 0.435. The maximum Gasteiger partial charge on any atom is 0.279 e. The molecule has 0 fully saturated rings. The lowest BCUT2D eigenvalue weighted by molar-refractivity contribution is -0.0250. The number of benzene rings is 2. The first kappa shape index (κ1) is 21.8. The zero-order valence-electron chi connectivity index (χ0n) is 18.3. The number of H-pyrrole nitrogens is 1. The van der Waals surface area contributed by atoms with Gasteiger partial charge in [0.2, 0.25) is 8.41 Å². The maximum atomic E-state index is 15.1. The first-order valence-electron chi connectivity index (χ1n) is 10.6. The van der Waals surface area contributed by atoms with E-state index in [1.54, 1.807) is 26.3 Å². The van der Waals surface area contributed by atoms with E-state index in [2.05, 4.69) is 5.10 Å². The highest BCUT2D eigenvalue weighted by Crippen LogP contribution is 2.47. The van der Waals surface area contributed by atoms with Crippen molar-refractivity contribution < 1.29 is 18.7 Å². The molecule has 0 amide bonds. The van der Waals surface area contributed by atoms with Crippen LogP contribution < -0.4 is 10.3 Å². The average molecular weight is 445 g/mol. The summed E-state index contributed by atoms with van der Waals surface area (Å²) in [5.74, 6) is 0.510. The Kier molecular flexibility index (Phi) is 5.80. The van der Waals surface area contributed by atoms with Crippen LogP contribution in [0.15, 0.2) is 47.3 Å². The minimum absolute atomic E-state index is 0.0790. The van der Waals surface area contributed by atoms with Gasteiger partial charge in [0.15, 0.2) is 0 Å². The molecule has 2 aromatic carbocycles. The Balaban J connectivity index is 1.76. The van der Waals surface area contributed by atoms with Gasteiger partial charge in [0, 0.05) is 30.7 Å². The number of ether oxygens (including phenoxy) is 2. The van der Waals surface area contributed by atoms with Crippen molar-refractivity contribution in [2.75, 3.05) is 13.7 Å². The largest absolute Gasteiger partial charge is 0.490 e. The van der Waals surface area contributed by atoms with Gasteiger partial charge in [-0.25, -0.2) is 4.68 Å². The van der Waals surface area contributed by atoms with E-state index >= 15 is 4.11 Å². The van der Waals surface area contributed by atoms with Crippen molar-refractivity contribution in [1.82, 2.24) is 9.78 Å². The number of fused-ring (bicyclic) bond motifs is 2. The molecule has 1 aliphatic heterocycles. The highest BCUT2D eigenvalue weighted by Gasteiger charge is 2.47. The van der Waals surface area contributed by atoms with Crippen LogP contribution in [-0.2, 0) is 4.74 Å². The Bertz CT molecular complexity index is 1140. The van der Waals surface area contributed by atoms with E-state index in [0.717, 1.165) is 11.1 Å². The molecule has 0 saturated carbocycles. The highest BCUT2D eigenvalue weighted by atomic mass is 28.4. The van der Waals surface area contributed by atoms with Crippen LogP contribution in [0.3, 0.4) is 0 Å². The first-order valence-corrected chi connectivity index (χ1v) is 13.5. The van der Waals surface area contributed by atoms with E-state index in [-0.39, 0.29) is 29.7 Å². The van der Waals surface area contributed by atoms with Crippen molar-refractivity contribution in [1.29, 1.82) is 0 Å². The summed E-state index contributed by atoms with van der Waals surface area (Å²) in [6.07, 6.45) is -0.344. The monoisotopic (exact) mass is 444 g/mol. The third-order valence-electron chi connectivity index (χ3n) is 6.38. The van der Waals surface area contributed by atoms with Crippen molar-refractivity contribution in [2.24, 2.45) is 5.92 Å². The zero-order valence-corrected chi connectivity index (χ0v) is 19.3. The topological polar surface area (TPSA) is 76.5 Å². The Morgan fingerprint density at radius 2 is 2.03 bits per heavy atom. The summed E-state index contributed by atoms with van der Waals surface area (Å²) in [6.45, 7) is 5.23. The molecule has 4 atom stereocenters. The molecule has 0 bridgehead atoms. The molecule has 31 heavy (non-hydrogen) atoms. The molecule has 1 aromatic heterocycles. The molecule has 1 unspecified atom stereocenters.